The molecule has 1 aromatic heterocycles. The Hall–Kier alpha value is -2.48. The largest absolute Gasteiger partial charge is 0.489 e. The van der Waals surface area contributed by atoms with Crippen molar-refractivity contribution in [2.45, 2.75) is 44.9 Å². The van der Waals surface area contributed by atoms with Gasteiger partial charge in [-0.25, -0.2) is 0 Å². The van der Waals surface area contributed by atoms with Crippen molar-refractivity contribution in [1.29, 1.82) is 0 Å². The second-order valence-electron chi connectivity index (χ2n) is 8.88. The average molecular weight is 453 g/mol. The molecule has 2 atom stereocenters. The first-order valence-electron chi connectivity index (χ1n) is 12.2. The van der Waals surface area contributed by atoms with Gasteiger partial charge in [0.25, 0.3) is 0 Å². The number of pyridine rings is 1. The summed E-state index contributed by atoms with van der Waals surface area (Å²) in [6.07, 6.45) is 5.18. The van der Waals surface area contributed by atoms with E-state index >= 15 is 0 Å². The lowest BCUT2D eigenvalue weighted by Gasteiger charge is -2.34. The van der Waals surface area contributed by atoms with Crippen LogP contribution < -0.4 is 10.1 Å². The number of amides is 1. The van der Waals surface area contributed by atoms with E-state index in [2.05, 4.69) is 33.1 Å². The van der Waals surface area contributed by atoms with Gasteiger partial charge >= 0.3 is 0 Å². The first-order chi connectivity index (χ1) is 16.2. The van der Waals surface area contributed by atoms with Crippen LogP contribution in [0.25, 0.3) is 0 Å². The normalized spacial score (nSPS) is 20.3. The minimum Gasteiger partial charge on any atom is -0.489 e. The third-order valence-corrected chi connectivity index (χ3v) is 6.38. The number of benzene rings is 1. The van der Waals surface area contributed by atoms with Crippen LogP contribution in [0.5, 0.6) is 5.75 Å². The van der Waals surface area contributed by atoms with Crippen LogP contribution in [0.3, 0.4) is 0 Å². The molecular weight excluding hydrogens is 416 g/mol. The fourth-order valence-corrected chi connectivity index (χ4v) is 4.61. The van der Waals surface area contributed by atoms with Crippen LogP contribution in [0.4, 0.5) is 0 Å². The molecule has 2 aliphatic rings. The highest BCUT2D eigenvalue weighted by Crippen LogP contribution is 2.26. The van der Waals surface area contributed by atoms with E-state index in [0.717, 1.165) is 62.4 Å². The molecule has 4 rings (SSSR count). The molecule has 1 saturated heterocycles. The molecule has 1 fully saturated rings. The third-order valence-electron chi connectivity index (χ3n) is 6.38. The molecule has 1 aromatic carbocycles. The molecule has 178 valence electrons. The van der Waals surface area contributed by atoms with Crippen molar-refractivity contribution in [3.8, 4) is 5.75 Å². The zero-order chi connectivity index (χ0) is 22.9. The van der Waals surface area contributed by atoms with E-state index in [1.54, 1.807) is 0 Å². The number of carbonyl (C=O) groups excluding carboxylic acids is 1. The monoisotopic (exact) mass is 452 g/mol. The molecule has 7 nitrogen and oxygen atoms in total. The number of nitrogens with one attached hydrogen (secondary N) is 1. The van der Waals surface area contributed by atoms with Gasteiger partial charge < -0.3 is 14.8 Å². The maximum Gasteiger partial charge on any atom is 0.234 e. The molecular formula is C26H36N4O3. The molecule has 7 heteroatoms. The summed E-state index contributed by atoms with van der Waals surface area (Å²) in [6, 6.07) is 14.2. The standard InChI is InChI=1S/C26H36N4O3/c1-2-3-9-22-19-29(18-21-8-4-5-11-25(21)33-22)20-26(31)28-17-24(23-10-6-7-12-27-23)30-13-15-32-16-14-30/h4-8,10-12,22,24H,2-3,9,13-20H2,1H3,(H,28,31)/t22-,24+/m0/s1. The third kappa shape index (κ3) is 6.76. The minimum atomic E-state index is 0.0396. The van der Waals surface area contributed by atoms with Gasteiger partial charge in [0.2, 0.25) is 5.91 Å². The summed E-state index contributed by atoms with van der Waals surface area (Å²) in [7, 11) is 0. The Kier molecular flexibility index (Phi) is 8.69. The number of hydrogen-bond donors (Lipinski definition) is 1. The second-order valence-corrected chi connectivity index (χ2v) is 8.88. The van der Waals surface area contributed by atoms with Crippen molar-refractivity contribution in [2.75, 3.05) is 45.9 Å². The van der Waals surface area contributed by atoms with E-state index in [-0.39, 0.29) is 18.1 Å². The number of rotatable bonds is 9. The van der Waals surface area contributed by atoms with Crippen LogP contribution >= 0.6 is 0 Å². The molecule has 0 saturated carbocycles. The Morgan fingerprint density at radius 2 is 2.00 bits per heavy atom. The Balaban J connectivity index is 1.39. The van der Waals surface area contributed by atoms with Crippen molar-refractivity contribution in [3.05, 3.63) is 59.9 Å². The maximum absolute atomic E-state index is 13.0. The molecule has 2 aromatic rings. The lowest BCUT2D eigenvalue weighted by Crippen LogP contribution is -2.46. The number of nitrogens with zero attached hydrogens (tertiary/aromatic N) is 3. The highest BCUT2D eigenvalue weighted by atomic mass is 16.5. The van der Waals surface area contributed by atoms with Crippen molar-refractivity contribution >= 4 is 5.91 Å². The Morgan fingerprint density at radius 3 is 2.79 bits per heavy atom. The van der Waals surface area contributed by atoms with E-state index < -0.39 is 0 Å². The van der Waals surface area contributed by atoms with Crippen LogP contribution in [-0.4, -0.2) is 72.7 Å². The number of fused-ring (bicyclic) bond motifs is 1. The SMILES string of the molecule is CCCC[C@H]1CN(CC(=O)NC[C@H](c2ccccn2)N2CCOCC2)Cc2ccccc2O1. The minimum absolute atomic E-state index is 0.0396. The Bertz CT molecular complexity index is 873. The van der Waals surface area contributed by atoms with Crippen molar-refractivity contribution < 1.29 is 14.3 Å². The number of hydrogen-bond acceptors (Lipinski definition) is 6. The summed E-state index contributed by atoms with van der Waals surface area (Å²) < 4.78 is 11.8. The number of carbonyl (C=O) groups is 1. The van der Waals surface area contributed by atoms with E-state index in [1.165, 1.54) is 0 Å². The first kappa shape index (κ1) is 23.7. The Labute approximate surface area is 197 Å². The quantitative estimate of drug-likeness (QED) is 0.631. The molecule has 1 N–H and O–H groups in total. The number of morpholine rings is 1. The van der Waals surface area contributed by atoms with Gasteiger partial charge in [0.1, 0.15) is 11.9 Å². The summed E-state index contributed by atoms with van der Waals surface area (Å²) in [4.78, 5) is 22.1. The molecule has 0 spiro atoms. The summed E-state index contributed by atoms with van der Waals surface area (Å²) in [5, 5.41) is 3.18. The Morgan fingerprint density at radius 1 is 1.18 bits per heavy atom. The fraction of sp³-hybridized carbons (Fsp3) is 0.538. The predicted molar refractivity (Wildman–Crippen MR) is 128 cm³/mol. The zero-order valence-electron chi connectivity index (χ0n) is 19.6. The summed E-state index contributed by atoms with van der Waals surface area (Å²) in [5.41, 5.74) is 2.13. The van der Waals surface area contributed by atoms with Crippen LogP contribution in [0.1, 0.15) is 43.5 Å². The molecule has 0 radical (unpaired) electrons. The summed E-state index contributed by atoms with van der Waals surface area (Å²) in [6.45, 7) is 7.69. The van der Waals surface area contributed by atoms with Gasteiger partial charge in [0.05, 0.1) is 31.5 Å². The molecule has 0 unspecified atom stereocenters. The van der Waals surface area contributed by atoms with Gasteiger partial charge in [-0.05, 0) is 31.0 Å². The predicted octanol–water partition coefficient (Wildman–Crippen LogP) is 3.02. The van der Waals surface area contributed by atoms with Crippen LogP contribution in [0.2, 0.25) is 0 Å². The van der Waals surface area contributed by atoms with Gasteiger partial charge in [-0.2, -0.15) is 0 Å². The second kappa shape index (κ2) is 12.1. The van der Waals surface area contributed by atoms with E-state index in [0.29, 0.717) is 26.3 Å². The lowest BCUT2D eigenvalue weighted by atomic mass is 10.1. The summed E-state index contributed by atoms with van der Waals surface area (Å²) >= 11 is 0. The van der Waals surface area contributed by atoms with Gasteiger partial charge in [0, 0.05) is 44.5 Å². The smallest absolute Gasteiger partial charge is 0.234 e. The topological polar surface area (TPSA) is 66.9 Å². The van der Waals surface area contributed by atoms with Crippen LogP contribution in [-0.2, 0) is 16.1 Å². The number of ether oxygens (including phenoxy) is 2. The lowest BCUT2D eigenvalue weighted by molar-refractivity contribution is -0.122. The highest BCUT2D eigenvalue weighted by Gasteiger charge is 2.26. The highest BCUT2D eigenvalue weighted by molar-refractivity contribution is 5.78. The average Bonchev–Trinajstić information content (AvgIpc) is 3.02. The van der Waals surface area contributed by atoms with Gasteiger partial charge in [-0.1, -0.05) is 37.6 Å². The van der Waals surface area contributed by atoms with E-state index in [4.69, 9.17) is 9.47 Å². The van der Waals surface area contributed by atoms with E-state index in [9.17, 15) is 4.79 Å². The summed E-state index contributed by atoms with van der Waals surface area (Å²) in [5.74, 6) is 0.988. The van der Waals surface area contributed by atoms with E-state index in [1.807, 2.05) is 42.6 Å². The van der Waals surface area contributed by atoms with Crippen LogP contribution in [0.15, 0.2) is 48.7 Å². The van der Waals surface area contributed by atoms with Crippen LogP contribution in [0, 0.1) is 0 Å². The molecule has 33 heavy (non-hydrogen) atoms. The molecule has 3 heterocycles. The zero-order valence-corrected chi connectivity index (χ0v) is 19.6. The molecule has 0 bridgehead atoms. The fourth-order valence-electron chi connectivity index (χ4n) is 4.61. The molecule has 2 aliphatic heterocycles. The van der Waals surface area contributed by atoms with Gasteiger partial charge in [0.15, 0.2) is 0 Å². The first-order valence-corrected chi connectivity index (χ1v) is 12.2. The van der Waals surface area contributed by atoms with Crippen molar-refractivity contribution in [3.63, 3.8) is 0 Å². The molecule has 0 aliphatic carbocycles. The maximum atomic E-state index is 13.0. The van der Waals surface area contributed by atoms with Gasteiger partial charge in [-0.3, -0.25) is 19.6 Å². The molecule has 1 amide bonds. The van der Waals surface area contributed by atoms with Crippen molar-refractivity contribution in [1.82, 2.24) is 20.1 Å². The number of aromatic nitrogens is 1. The number of unbranched alkanes of at least 4 members (excludes halogenated alkanes) is 1. The number of para-hydroxylation sites is 1. The van der Waals surface area contributed by atoms with Gasteiger partial charge in [-0.15, -0.1) is 0 Å². The van der Waals surface area contributed by atoms with Crippen molar-refractivity contribution in [2.24, 2.45) is 0 Å².